The molecule has 19 heavy (non-hydrogen) atoms. The first-order valence-electron chi connectivity index (χ1n) is 6.51. The molecule has 0 bridgehead atoms. The van der Waals surface area contributed by atoms with Crippen molar-refractivity contribution < 1.29 is 19.4 Å². The summed E-state index contributed by atoms with van der Waals surface area (Å²) in [5.74, 6) is -0.531. The van der Waals surface area contributed by atoms with Crippen LogP contribution in [0.2, 0.25) is 0 Å². The van der Waals surface area contributed by atoms with Crippen molar-refractivity contribution in [1.82, 2.24) is 10.6 Å². The number of hydrogen-bond acceptors (Lipinski definition) is 3. The first-order chi connectivity index (χ1) is 8.69. The quantitative estimate of drug-likeness (QED) is 0.605. The van der Waals surface area contributed by atoms with E-state index in [4.69, 9.17) is 9.84 Å². The average molecular weight is 272 g/mol. The molecule has 0 aliphatic heterocycles. The molecule has 1 rings (SSSR count). The average Bonchev–Trinajstić information content (AvgIpc) is 2.66. The normalized spacial score (nSPS) is 19.8. The third kappa shape index (κ3) is 3.83. The van der Waals surface area contributed by atoms with E-state index in [1.165, 1.54) is 0 Å². The molecule has 1 fully saturated rings. The van der Waals surface area contributed by atoms with Crippen LogP contribution in [0.25, 0.3) is 0 Å². The number of hydrogen-bond donors (Lipinski definition) is 3. The lowest BCUT2D eigenvalue weighted by Gasteiger charge is -2.08. The van der Waals surface area contributed by atoms with Crippen LogP contribution < -0.4 is 10.6 Å². The molecule has 1 aliphatic rings. The molecule has 0 aromatic heterocycles. The summed E-state index contributed by atoms with van der Waals surface area (Å²) in [5, 5.41) is 13.8. The minimum Gasteiger partial charge on any atom is -0.480 e. The Bertz CT molecular complexity index is 339. The van der Waals surface area contributed by atoms with E-state index in [9.17, 15) is 9.59 Å². The highest BCUT2D eigenvalue weighted by molar-refractivity contribution is 5.73. The number of rotatable bonds is 7. The topological polar surface area (TPSA) is 87.7 Å². The molecule has 0 unspecified atom stereocenters. The van der Waals surface area contributed by atoms with Gasteiger partial charge in [0, 0.05) is 13.1 Å². The molecule has 6 nitrogen and oxygen atoms in total. The number of ether oxygens (including phenoxy) is 1. The Morgan fingerprint density at radius 2 is 1.74 bits per heavy atom. The second-order valence-corrected chi connectivity index (χ2v) is 6.08. The van der Waals surface area contributed by atoms with Gasteiger partial charge in [0.25, 0.3) is 0 Å². The van der Waals surface area contributed by atoms with E-state index in [2.05, 4.69) is 38.3 Å². The van der Waals surface area contributed by atoms with Crippen molar-refractivity contribution >= 4 is 12.0 Å². The fraction of sp³-hybridized carbons (Fsp3) is 0.846. The van der Waals surface area contributed by atoms with Crippen LogP contribution in [0.15, 0.2) is 0 Å². The number of carbonyl (C=O) groups excluding carboxylic acids is 1. The van der Waals surface area contributed by atoms with Gasteiger partial charge in [0.05, 0.1) is 6.61 Å². The number of amides is 2. The first-order valence-corrected chi connectivity index (χ1v) is 6.51. The van der Waals surface area contributed by atoms with Gasteiger partial charge in [-0.15, -0.1) is 0 Å². The van der Waals surface area contributed by atoms with Gasteiger partial charge in [-0.05, 0) is 16.7 Å². The highest BCUT2D eigenvalue weighted by Crippen LogP contribution is 2.67. The zero-order chi connectivity index (χ0) is 14.7. The van der Waals surface area contributed by atoms with E-state index in [0.717, 1.165) is 0 Å². The molecule has 0 atom stereocenters. The smallest absolute Gasteiger partial charge is 0.329 e. The van der Waals surface area contributed by atoms with Crippen LogP contribution in [0.1, 0.15) is 27.7 Å². The lowest BCUT2D eigenvalue weighted by atomic mass is 10.0. The van der Waals surface area contributed by atoms with E-state index >= 15 is 0 Å². The molecule has 0 heterocycles. The van der Waals surface area contributed by atoms with Gasteiger partial charge in [0.2, 0.25) is 0 Å². The predicted molar refractivity (Wildman–Crippen MR) is 70.9 cm³/mol. The minimum absolute atomic E-state index is 0.195. The summed E-state index contributed by atoms with van der Waals surface area (Å²) in [6.07, 6.45) is 0. The summed E-state index contributed by atoms with van der Waals surface area (Å²) >= 11 is 0. The number of aliphatic carboxylic acids is 1. The van der Waals surface area contributed by atoms with Crippen LogP contribution >= 0.6 is 0 Å². The van der Waals surface area contributed by atoms with Crippen molar-refractivity contribution in [2.75, 3.05) is 26.3 Å². The third-order valence-corrected chi connectivity index (χ3v) is 4.54. The van der Waals surface area contributed by atoms with E-state index in [0.29, 0.717) is 19.0 Å². The van der Waals surface area contributed by atoms with Crippen molar-refractivity contribution in [1.29, 1.82) is 0 Å². The van der Waals surface area contributed by atoms with Crippen molar-refractivity contribution in [3.63, 3.8) is 0 Å². The number of nitrogens with one attached hydrogen (secondary N) is 2. The SMILES string of the molecule is CC1(C)C(CNC(=O)NCCOCC(=O)O)C1(C)C. The molecule has 3 N–H and O–H groups in total. The Kier molecular flexibility index (Phi) is 4.79. The second-order valence-electron chi connectivity index (χ2n) is 6.08. The fourth-order valence-corrected chi connectivity index (χ4v) is 2.50. The van der Waals surface area contributed by atoms with Crippen LogP contribution in [0, 0.1) is 16.7 Å². The Hall–Kier alpha value is -1.30. The largest absolute Gasteiger partial charge is 0.480 e. The maximum absolute atomic E-state index is 11.5. The summed E-state index contributed by atoms with van der Waals surface area (Å²) in [6.45, 7) is 9.63. The number of carboxylic acid groups (broad SMARTS) is 1. The molecule has 1 saturated carbocycles. The van der Waals surface area contributed by atoms with Crippen LogP contribution in [-0.2, 0) is 9.53 Å². The van der Waals surface area contributed by atoms with E-state index in [1.807, 2.05) is 0 Å². The Balaban J connectivity index is 2.08. The number of carbonyl (C=O) groups is 2. The summed E-state index contributed by atoms with van der Waals surface area (Å²) < 4.78 is 4.81. The predicted octanol–water partition coefficient (Wildman–Crippen LogP) is 1.07. The highest BCUT2D eigenvalue weighted by Gasteiger charge is 2.64. The van der Waals surface area contributed by atoms with Gasteiger partial charge in [-0.2, -0.15) is 0 Å². The van der Waals surface area contributed by atoms with Gasteiger partial charge in [0.15, 0.2) is 0 Å². The van der Waals surface area contributed by atoms with Crippen LogP contribution in [0.4, 0.5) is 4.79 Å². The first kappa shape index (κ1) is 15.8. The monoisotopic (exact) mass is 272 g/mol. The third-order valence-electron chi connectivity index (χ3n) is 4.54. The van der Waals surface area contributed by atoms with Crippen molar-refractivity contribution in [2.24, 2.45) is 16.7 Å². The summed E-state index contributed by atoms with van der Waals surface area (Å²) in [6, 6.07) is -0.238. The molecule has 2 amide bonds. The second kappa shape index (κ2) is 5.77. The molecule has 0 spiro atoms. The maximum atomic E-state index is 11.5. The molecule has 1 aliphatic carbocycles. The number of urea groups is 1. The van der Waals surface area contributed by atoms with Gasteiger partial charge in [-0.3, -0.25) is 0 Å². The van der Waals surface area contributed by atoms with Crippen molar-refractivity contribution in [2.45, 2.75) is 27.7 Å². The Labute approximate surface area is 113 Å². The summed E-state index contributed by atoms with van der Waals surface area (Å²) in [5.41, 5.74) is 0.510. The number of carboxylic acids is 1. The van der Waals surface area contributed by atoms with Gasteiger partial charge in [-0.1, -0.05) is 27.7 Å². The molecule has 0 aromatic rings. The van der Waals surface area contributed by atoms with E-state index in [1.54, 1.807) is 0 Å². The maximum Gasteiger partial charge on any atom is 0.329 e. The molecule has 0 saturated heterocycles. The van der Waals surface area contributed by atoms with Crippen molar-refractivity contribution in [3.05, 3.63) is 0 Å². The van der Waals surface area contributed by atoms with Gasteiger partial charge >= 0.3 is 12.0 Å². The van der Waals surface area contributed by atoms with Gasteiger partial charge in [-0.25, -0.2) is 9.59 Å². The molecule has 0 radical (unpaired) electrons. The highest BCUT2D eigenvalue weighted by atomic mass is 16.5. The fourth-order valence-electron chi connectivity index (χ4n) is 2.50. The molecular formula is C13H24N2O4. The van der Waals surface area contributed by atoms with Crippen LogP contribution in [0.5, 0.6) is 0 Å². The zero-order valence-corrected chi connectivity index (χ0v) is 12.1. The van der Waals surface area contributed by atoms with Crippen LogP contribution in [-0.4, -0.2) is 43.4 Å². The lowest BCUT2D eigenvalue weighted by molar-refractivity contribution is -0.142. The van der Waals surface area contributed by atoms with Crippen molar-refractivity contribution in [3.8, 4) is 0 Å². The van der Waals surface area contributed by atoms with Gasteiger partial charge < -0.3 is 20.5 Å². The Morgan fingerprint density at radius 1 is 1.16 bits per heavy atom. The Morgan fingerprint density at radius 3 is 2.21 bits per heavy atom. The summed E-state index contributed by atoms with van der Waals surface area (Å²) in [7, 11) is 0. The summed E-state index contributed by atoms with van der Waals surface area (Å²) in [4.78, 5) is 21.7. The van der Waals surface area contributed by atoms with Crippen LogP contribution in [0.3, 0.4) is 0 Å². The van der Waals surface area contributed by atoms with E-state index < -0.39 is 5.97 Å². The standard InChI is InChI=1S/C13H24N2O4/c1-12(2)9(13(12,3)4)7-15-11(18)14-5-6-19-8-10(16)17/h9H,5-8H2,1-4H3,(H,16,17)(H2,14,15,18). The zero-order valence-electron chi connectivity index (χ0n) is 12.1. The molecular weight excluding hydrogens is 248 g/mol. The molecule has 6 heteroatoms. The van der Waals surface area contributed by atoms with Gasteiger partial charge in [0.1, 0.15) is 6.61 Å². The molecule has 110 valence electrons. The van der Waals surface area contributed by atoms with E-state index in [-0.39, 0.29) is 30.1 Å². The molecule has 0 aromatic carbocycles. The minimum atomic E-state index is -1.01. The lowest BCUT2D eigenvalue weighted by Crippen LogP contribution is -2.39.